The van der Waals surface area contributed by atoms with Crippen LogP contribution in [0.3, 0.4) is 0 Å². The second-order valence-electron chi connectivity index (χ2n) is 2.05. The summed E-state index contributed by atoms with van der Waals surface area (Å²) in [4.78, 5) is 10.1. The van der Waals surface area contributed by atoms with Gasteiger partial charge in [-0.25, -0.2) is 4.79 Å². The van der Waals surface area contributed by atoms with E-state index in [4.69, 9.17) is 21.1 Å². The van der Waals surface area contributed by atoms with Gasteiger partial charge in [0.15, 0.2) is 0 Å². The lowest BCUT2D eigenvalue weighted by molar-refractivity contribution is -0.170. The van der Waals surface area contributed by atoms with Crippen molar-refractivity contribution in [3.05, 3.63) is 0 Å². The molecule has 0 aromatic carbocycles. The second-order valence-corrected chi connectivity index (χ2v) is 2.05. The molecule has 0 saturated heterocycles. The zero-order valence-electron chi connectivity index (χ0n) is 5.61. The van der Waals surface area contributed by atoms with Crippen LogP contribution in [0.15, 0.2) is 0 Å². The van der Waals surface area contributed by atoms with Gasteiger partial charge in [0.05, 0.1) is 0 Å². The van der Waals surface area contributed by atoms with E-state index < -0.39 is 17.8 Å². The molecule has 60 valence electrons. The zero-order chi connectivity index (χ0) is 8.36. The highest BCUT2D eigenvalue weighted by Gasteiger charge is 2.38. The standard InChI is InChI=1S/C5H11NO4/c1-2-3(7)5(6,10)4(8)9/h3,7,10H,2,6H2,1H3,(H,8,9). The van der Waals surface area contributed by atoms with Crippen LogP contribution < -0.4 is 5.73 Å². The van der Waals surface area contributed by atoms with Crippen LogP contribution in [0, 0.1) is 0 Å². The summed E-state index contributed by atoms with van der Waals surface area (Å²) in [6.45, 7) is 1.52. The average molecular weight is 149 g/mol. The van der Waals surface area contributed by atoms with E-state index in [2.05, 4.69) is 0 Å². The van der Waals surface area contributed by atoms with E-state index >= 15 is 0 Å². The van der Waals surface area contributed by atoms with Crippen LogP contribution in [0.2, 0.25) is 0 Å². The van der Waals surface area contributed by atoms with Crippen molar-refractivity contribution in [3.8, 4) is 0 Å². The largest absolute Gasteiger partial charge is 0.478 e. The van der Waals surface area contributed by atoms with Crippen LogP contribution in [0.4, 0.5) is 0 Å². The minimum atomic E-state index is -2.52. The van der Waals surface area contributed by atoms with E-state index in [-0.39, 0.29) is 6.42 Å². The number of nitrogens with two attached hydrogens (primary N) is 1. The number of hydrogen-bond acceptors (Lipinski definition) is 4. The number of carboxylic acids is 1. The number of carbonyl (C=O) groups is 1. The van der Waals surface area contributed by atoms with Crippen LogP contribution in [0.1, 0.15) is 13.3 Å². The van der Waals surface area contributed by atoms with Gasteiger partial charge in [0, 0.05) is 0 Å². The molecule has 0 bridgehead atoms. The summed E-state index contributed by atoms with van der Waals surface area (Å²) in [5, 5.41) is 25.8. The topological polar surface area (TPSA) is 104 Å². The molecule has 0 amide bonds. The van der Waals surface area contributed by atoms with Gasteiger partial charge < -0.3 is 15.3 Å². The first-order valence-corrected chi connectivity index (χ1v) is 2.85. The highest BCUT2D eigenvalue weighted by atomic mass is 16.4. The summed E-state index contributed by atoms with van der Waals surface area (Å²) >= 11 is 0. The Morgan fingerprint density at radius 2 is 2.20 bits per heavy atom. The molecule has 2 atom stereocenters. The van der Waals surface area contributed by atoms with E-state index in [0.29, 0.717) is 0 Å². The Labute approximate surface area is 58.1 Å². The third-order valence-corrected chi connectivity index (χ3v) is 1.24. The summed E-state index contributed by atoms with van der Waals surface area (Å²) in [5.74, 6) is -1.62. The lowest BCUT2D eigenvalue weighted by atomic mass is 10.1. The smallest absolute Gasteiger partial charge is 0.353 e. The lowest BCUT2D eigenvalue weighted by Crippen LogP contribution is -2.57. The van der Waals surface area contributed by atoms with Crippen molar-refractivity contribution in [2.75, 3.05) is 0 Å². The molecule has 5 nitrogen and oxygen atoms in total. The summed E-state index contributed by atoms with van der Waals surface area (Å²) < 4.78 is 0. The molecule has 0 aliphatic heterocycles. The number of rotatable bonds is 3. The van der Waals surface area contributed by atoms with Crippen LogP contribution >= 0.6 is 0 Å². The molecule has 5 N–H and O–H groups in total. The normalized spacial score (nSPS) is 19.6. The van der Waals surface area contributed by atoms with Crippen molar-refractivity contribution in [2.24, 2.45) is 5.73 Å². The van der Waals surface area contributed by atoms with E-state index in [1.54, 1.807) is 0 Å². The van der Waals surface area contributed by atoms with Crippen molar-refractivity contribution in [2.45, 2.75) is 25.2 Å². The summed E-state index contributed by atoms with van der Waals surface area (Å²) in [5.41, 5.74) is 2.30. The summed E-state index contributed by atoms with van der Waals surface area (Å²) in [6, 6.07) is 0. The molecular weight excluding hydrogens is 138 g/mol. The lowest BCUT2D eigenvalue weighted by Gasteiger charge is -2.22. The Morgan fingerprint density at radius 3 is 2.30 bits per heavy atom. The first-order valence-electron chi connectivity index (χ1n) is 2.85. The van der Waals surface area contributed by atoms with Gasteiger partial charge in [-0.3, -0.25) is 5.73 Å². The molecule has 0 rings (SSSR count). The second kappa shape index (κ2) is 2.96. The van der Waals surface area contributed by atoms with Crippen molar-refractivity contribution in [1.82, 2.24) is 0 Å². The summed E-state index contributed by atoms with van der Waals surface area (Å²) in [7, 11) is 0. The van der Waals surface area contributed by atoms with Crippen molar-refractivity contribution < 1.29 is 20.1 Å². The SMILES string of the molecule is CCC(O)C(N)(O)C(=O)O. The first kappa shape index (κ1) is 9.35. The Kier molecular flexibility index (Phi) is 2.77. The third-order valence-electron chi connectivity index (χ3n) is 1.24. The molecule has 0 radical (unpaired) electrons. The molecule has 5 heteroatoms. The molecule has 2 unspecified atom stereocenters. The van der Waals surface area contributed by atoms with Gasteiger partial charge >= 0.3 is 5.97 Å². The average Bonchev–Trinajstić information content (AvgIpc) is 1.86. The Bertz CT molecular complexity index is 134. The minimum Gasteiger partial charge on any atom is -0.478 e. The number of aliphatic hydroxyl groups excluding tert-OH is 1. The Morgan fingerprint density at radius 1 is 1.80 bits per heavy atom. The van der Waals surface area contributed by atoms with Crippen LogP contribution in [0.25, 0.3) is 0 Å². The molecule has 0 fully saturated rings. The molecule has 10 heavy (non-hydrogen) atoms. The molecule has 0 aromatic rings. The number of aliphatic hydroxyl groups is 2. The molecule has 0 heterocycles. The molecular formula is C5H11NO4. The molecule has 0 aromatic heterocycles. The molecule has 0 saturated carbocycles. The van der Waals surface area contributed by atoms with Crippen molar-refractivity contribution >= 4 is 5.97 Å². The maximum absolute atomic E-state index is 10.1. The zero-order valence-corrected chi connectivity index (χ0v) is 5.61. The highest BCUT2D eigenvalue weighted by molar-refractivity contribution is 5.76. The maximum Gasteiger partial charge on any atom is 0.353 e. The predicted molar refractivity (Wildman–Crippen MR) is 33.1 cm³/mol. The van der Waals surface area contributed by atoms with Gasteiger partial charge in [0.1, 0.15) is 6.10 Å². The highest BCUT2D eigenvalue weighted by Crippen LogP contribution is 2.06. The van der Waals surface area contributed by atoms with E-state index in [1.165, 1.54) is 6.92 Å². The number of hydrogen-bond donors (Lipinski definition) is 4. The molecule has 0 spiro atoms. The van der Waals surface area contributed by atoms with E-state index in [1.807, 2.05) is 0 Å². The van der Waals surface area contributed by atoms with Crippen molar-refractivity contribution in [1.29, 1.82) is 0 Å². The fourth-order valence-electron chi connectivity index (χ4n) is 0.454. The predicted octanol–water partition coefficient (Wildman–Crippen LogP) is -1.51. The monoisotopic (exact) mass is 149 g/mol. The summed E-state index contributed by atoms with van der Waals surface area (Å²) in [6.07, 6.45) is -1.33. The fraction of sp³-hybridized carbons (Fsp3) is 0.800. The fourth-order valence-corrected chi connectivity index (χ4v) is 0.454. The van der Waals surface area contributed by atoms with E-state index in [9.17, 15) is 4.79 Å². The van der Waals surface area contributed by atoms with E-state index in [0.717, 1.165) is 0 Å². The van der Waals surface area contributed by atoms with Gasteiger partial charge in [0.2, 0.25) is 5.72 Å². The minimum absolute atomic E-state index is 0.0965. The first-order chi connectivity index (χ1) is 4.42. The maximum atomic E-state index is 10.1. The van der Waals surface area contributed by atoms with Gasteiger partial charge in [-0.2, -0.15) is 0 Å². The Hall–Kier alpha value is -0.650. The van der Waals surface area contributed by atoms with Crippen molar-refractivity contribution in [3.63, 3.8) is 0 Å². The third kappa shape index (κ3) is 1.66. The Balaban J connectivity index is 4.23. The molecule has 0 aliphatic carbocycles. The quantitative estimate of drug-likeness (QED) is 0.365. The number of carboxylic acid groups (broad SMARTS) is 1. The van der Waals surface area contributed by atoms with Crippen LogP contribution in [-0.4, -0.2) is 33.1 Å². The van der Waals surface area contributed by atoms with Crippen LogP contribution in [0.5, 0.6) is 0 Å². The van der Waals surface area contributed by atoms with Gasteiger partial charge in [0.25, 0.3) is 0 Å². The van der Waals surface area contributed by atoms with Gasteiger partial charge in [-0.05, 0) is 6.42 Å². The van der Waals surface area contributed by atoms with Gasteiger partial charge in [-0.1, -0.05) is 6.92 Å². The van der Waals surface area contributed by atoms with Gasteiger partial charge in [-0.15, -0.1) is 0 Å². The van der Waals surface area contributed by atoms with Crippen LogP contribution in [-0.2, 0) is 4.79 Å². The number of aliphatic carboxylic acids is 1. The molecule has 0 aliphatic rings.